The second kappa shape index (κ2) is 7.50. The van der Waals surface area contributed by atoms with E-state index in [4.69, 9.17) is 11.6 Å². The largest absolute Gasteiger partial charge is 0.337 e. The first kappa shape index (κ1) is 18.9. The summed E-state index contributed by atoms with van der Waals surface area (Å²) in [6.45, 7) is 3.51. The standard InChI is InChI=1S/C18H19ClN6O2S/c1-14-7-8-16(13-17(14)19)28(26,27)24-11-9-23(10-12-24)18-20-21-22-25(18)15-5-3-2-4-6-15/h2-8,13H,9-12H2,1H3. The molecular formula is C18H19ClN6O2S. The molecule has 4 rings (SSSR count). The van der Waals surface area contributed by atoms with Gasteiger partial charge >= 0.3 is 0 Å². The lowest BCUT2D eigenvalue weighted by molar-refractivity contribution is 0.381. The number of para-hydroxylation sites is 1. The number of aryl methyl sites for hydroxylation is 1. The molecule has 0 atom stereocenters. The SMILES string of the molecule is Cc1ccc(S(=O)(=O)N2CCN(c3nnnn3-c3ccccc3)CC2)cc1Cl. The lowest BCUT2D eigenvalue weighted by Crippen LogP contribution is -2.49. The second-order valence-corrected chi connectivity index (χ2v) is 8.87. The molecule has 0 aliphatic carbocycles. The van der Waals surface area contributed by atoms with E-state index in [-0.39, 0.29) is 4.90 Å². The molecule has 0 unspecified atom stereocenters. The summed E-state index contributed by atoms with van der Waals surface area (Å²) in [7, 11) is -3.59. The summed E-state index contributed by atoms with van der Waals surface area (Å²) in [5.74, 6) is 0.599. The third kappa shape index (κ3) is 3.48. The topological polar surface area (TPSA) is 84.2 Å². The minimum atomic E-state index is -3.59. The molecule has 0 bridgehead atoms. The van der Waals surface area contributed by atoms with E-state index in [0.29, 0.717) is 37.1 Å². The smallest absolute Gasteiger partial charge is 0.250 e. The quantitative estimate of drug-likeness (QED) is 0.645. The maximum absolute atomic E-state index is 12.9. The first-order valence-electron chi connectivity index (χ1n) is 8.82. The molecule has 3 aromatic rings. The summed E-state index contributed by atoms with van der Waals surface area (Å²) in [4.78, 5) is 2.20. The van der Waals surface area contributed by atoms with Crippen LogP contribution >= 0.6 is 11.6 Å². The summed E-state index contributed by atoms with van der Waals surface area (Å²) < 4.78 is 29.0. The number of hydrogen-bond donors (Lipinski definition) is 0. The van der Waals surface area contributed by atoms with Crippen molar-refractivity contribution < 1.29 is 8.42 Å². The Morgan fingerprint density at radius 2 is 1.71 bits per heavy atom. The maximum atomic E-state index is 12.9. The van der Waals surface area contributed by atoms with Gasteiger partial charge < -0.3 is 4.90 Å². The van der Waals surface area contributed by atoms with Gasteiger partial charge in [0.25, 0.3) is 0 Å². The van der Waals surface area contributed by atoms with Crippen molar-refractivity contribution in [1.82, 2.24) is 24.5 Å². The number of sulfonamides is 1. The molecule has 1 aliphatic rings. The van der Waals surface area contributed by atoms with Crippen molar-refractivity contribution in [1.29, 1.82) is 0 Å². The van der Waals surface area contributed by atoms with Crippen molar-refractivity contribution in [2.24, 2.45) is 0 Å². The summed E-state index contributed by atoms with van der Waals surface area (Å²) in [5, 5.41) is 12.4. The van der Waals surface area contributed by atoms with Gasteiger partial charge in [-0.3, -0.25) is 0 Å². The Kier molecular flexibility index (Phi) is 5.05. The summed E-state index contributed by atoms with van der Waals surface area (Å²) in [6, 6.07) is 14.4. The number of anilines is 1. The minimum absolute atomic E-state index is 0.214. The van der Waals surface area contributed by atoms with Crippen LogP contribution in [0.5, 0.6) is 0 Å². The van der Waals surface area contributed by atoms with E-state index < -0.39 is 10.0 Å². The van der Waals surface area contributed by atoms with E-state index in [1.165, 1.54) is 10.4 Å². The van der Waals surface area contributed by atoms with Crippen molar-refractivity contribution in [3.05, 3.63) is 59.1 Å². The van der Waals surface area contributed by atoms with Crippen LogP contribution in [0.2, 0.25) is 5.02 Å². The number of halogens is 1. The Bertz CT molecular complexity index is 1080. The molecule has 0 saturated carbocycles. The Morgan fingerprint density at radius 1 is 1.00 bits per heavy atom. The first-order valence-corrected chi connectivity index (χ1v) is 10.6. The van der Waals surface area contributed by atoms with Gasteiger partial charge in [-0.2, -0.15) is 8.99 Å². The average molecular weight is 419 g/mol. The summed E-state index contributed by atoms with van der Waals surface area (Å²) in [5.41, 5.74) is 1.70. The van der Waals surface area contributed by atoms with Crippen LogP contribution in [0.4, 0.5) is 5.95 Å². The van der Waals surface area contributed by atoms with Crippen LogP contribution in [-0.2, 0) is 10.0 Å². The fraction of sp³-hybridized carbons (Fsp3) is 0.278. The molecule has 1 saturated heterocycles. The molecule has 2 aromatic carbocycles. The van der Waals surface area contributed by atoms with Gasteiger partial charge in [-0.1, -0.05) is 41.0 Å². The van der Waals surface area contributed by atoms with Gasteiger partial charge in [0.2, 0.25) is 16.0 Å². The predicted octanol–water partition coefficient (Wildman–Crippen LogP) is 2.14. The molecule has 0 amide bonds. The molecule has 0 radical (unpaired) electrons. The molecule has 146 valence electrons. The number of aromatic nitrogens is 4. The summed E-state index contributed by atoms with van der Waals surface area (Å²) in [6.07, 6.45) is 0. The molecule has 28 heavy (non-hydrogen) atoms. The van der Waals surface area contributed by atoms with E-state index in [9.17, 15) is 8.42 Å². The van der Waals surface area contributed by atoms with Crippen molar-refractivity contribution in [3.63, 3.8) is 0 Å². The van der Waals surface area contributed by atoms with E-state index in [1.54, 1.807) is 16.8 Å². The highest BCUT2D eigenvalue weighted by molar-refractivity contribution is 7.89. The van der Waals surface area contributed by atoms with Gasteiger partial charge in [0.05, 0.1) is 10.6 Å². The van der Waals surface area contributed by atoms with Crippen LogP contribution in [0.1, 0.15) is 5.56 Å². The third-order valence-corrected chi connectivity index (χ3v) is 7.06. The average Bonchev–Trinajstić information content (AvgIpc) is 3.20. The Labute approximate surface area is 168 Å². The normalized spacial score (nSPS) is 15.7. The Morgan fingerprint density at radius 3 is 2.39 bits per heavy atom. The predicted molar refractivity (Wildman–Crippen MR) is 106 cm³/mol. The van der Waals surface area contributed by atoms with Crippen molar-refractivity contribution in [2.75, 3.05) is 31.1 Å². The van der Waals surface area contributed by atoms with Gasteiger partial charge in [-0.15, -0.1) is 0 Å². The van der Waals surface area contributed by atoms with Gasteiger partial charge in [0, 0.05) is 31.2 Å². The molecule has 1 aromatic heterocycles. The van der Waals surface area contributed by atoms with Crippen molar-refractivity contribution >= 4 is 27.6 Å². The highest BCUT2D eigenvalue weighted by atomic mass is 35.5. The van der Waals surface area contributed by atoms with E-state index in [1.807, 2.05) is 42.2 Å². The van der Waals surface area contributed by atoms with Gasteiger partial charge in [-0.05, 0) is 47.2 Å². The summed E-state index contributed by atoms with van der Waals surface area (Å²) >= 11 is 6.11. The van der Waals surface area contributed by atoms with Crippen molar-refractivity contribution in [2.45, 2.75) is 11.8 Å². The zero-order chi connectivity index (χ0) is 19.7. The van der Waals surface area contributed by atoms with Gasteiger partial charge in [-0.25, -0.2) is 8.42 Å². The maximum Gasteiger partial charge on any atom is 0.250 e. The van der Waals surface area contributed by atoms with Crippen LogP contribution in [0.25, 0.3) is 5.69 Å². The van der Waals surface area contributed by atoms with E-state index >= 15 is 0 Å². The van der Waals surface area contributed by atoms with Crippen LogP contribution in [0.3, 0.4) is 0 Å². The lowest BCUT2D eigenvalue weighted by Gasteiger charge is -2.34. The molecule has 0 N–H and O–H groups in total. The van der Waals surface area contributed by atoms with Crippen LogP contribution in [0.15, 0.2) is 53.4 Å². The van der Waals surface area contributed by atoms with E-state index in [0.717, 1.165) is 11.3 Å². The fourth-order valence-electron chi connectivity index (χ4n) is 3.13. The number of hydrogen-bond acceptors (Lipinski definition) is 6. The highest BCUT2D eigenvalue weighted by Gasteiger charge is 2.30. The molecule has 0 spiro atoms. The number of nitrogens with zero attached hydrogens (tertiary/aromatic N) is 6. The monoisotopic (exact) mass is 418 g/mol. The second-order valence-electron chi connectivity index (χ2n) is 6.53. The minimum Gasteiger partial charge on any atom is -0.337 e. The number of benzene rings is 2. The number of rotatable bonds is 4. The van der Waals surface area contributed by atoms with Gasteiger partial charge in [0.1, 0.15) is 0 Å². The van der Waals surface area contributed by atoms with Crippen molar-refractivity contribution in [3.8, 4) is 5.69 Å². The van der Waals surface area contributed by atoms with E-state index in [2.05, 4.69) is 15.5 Å². The number of tetrazole rings is 1. The molecule has 8 nitrogen and oxygen atoms in total. The van der Waals surface area contributed by atoms with Crippen LogP contribution in [-0.4, -0.2) is 59.1 Å². The Balaban J connectivity index is 1.51. The number of piperazine rings is 1. The molecule has 2 heterocycles. The fourth-order valence-corrected chi connectivity index (χ4v) is 4.82. The van der Waals surface area contributed by atoms with Crippen LogP contribution in [0, 0.1) is 6.92 Å². The zero-order valence-electron chi connectivity index (χ0n) is 15.2. The zero-order valence-corrected chi connectivity index (χ0v) is 16.8. The van der Waals surface area contributed by atoms with Gasteiger partial charge in [0.15, 0.2) is 0 Å². The molecule has 1 fully saturated rings. The Hall–Kier alpha value is -2.49. The van der Waals surface area contributed by atoms with Crippen LogP contribution < -0.4 is 4.90 Å². The first-order chi connectivity index (χ1) is 13.5. The lowest BCUT2D eigenvalue weighted by atomic mass is 10.2. The molecule has 1 aliphatic heterocycles. The molecular weight excluding hydrogens is 400 g/mol. The third-order valence-electron chi connectivity index (χ3n) is 4.76. The molecule has 10 heteroatoms. The highest BCUT2D eigenvalue weighted by Crippen LogP contribution is 2.24.